The summed E-state index contributed by atoms with van der Waals surface area (Å²) in [6.07, 6.45) is 2.41. The first kappa shape index (κ1) is 20.7. The third-order valence-electron chi connectivity index (χ3n) is 4.64. The lowest BCUT2D eigenvalue weighted by atomic mass is 10.0. The maximum Gasteiger partial charge on any atom is 0.0857 e. The molecule has 3 aromatic rings. The molecule has 0 radical (unpaired) electrons. The van der Waals surface area contributed by atoms with Gasteiger partial charge in [0.25, 0.3) is 0 Å². The predicted molar refractivity (Wildman–Crippen MR) is 125 cm³/mol. The van der Waals surface area contributed by atoms with Crippen LogP contribution in [0.3, 0.4) is 0 Å². The highest BCUT2D eigenvalue weighted by Crippen LogP contribution is 2.34. The first-order chi connectivity index (χ1) is 13.4. The van der Waals surface area contributed by atoms with Crippen molar-refractivity contribution in [1.29, 1.82) is 0 Å². The summed E-state index contributed by atoms with van der Waals surface area (Å²) in [5, 5.41) is 10.7. The van der Waals surface area contributed by atoms with Gasteiger partial charge in [0.05, 0.1) is 14.2 Å². The SMILES string of the molecule is C[Si](C)(C)/C(=C/CC(O)c1ccc(-c2ccccc2)cc1)Sc1ccccc1. The molecule has 1 nitrogen and oxygen atoms in total. The molecule has 1 atom stereocenters. The number of rotatable bonds is 7. The minimum Gasteiger partial charge on any atom is -0.388 e. The van der Waals surface area contributed by atoms with Crippen LogP contribution in [-0.4, -0.2) is 13.2 Å². The van der Waals surface area contributed by atoms with Gasteiger partial charge < -0.3 is 5.11 Å². The Bertz CT molecular complexity index is 897. The third-order valence-corrected chi connectivity index (χ3v) is 9.36. The van der Waals surface area contributed by atoms with Gasteiger partial charge in [-0.05, 0) is 39.8 Å². The predicted octanol–water partition coefficient (Wildman–Crippen LogP) is 7.33. The van der Waals surface area contributed by atoms with Crippen molar-refractivity contribution in [2.45, 2.75) is 37.1 Å². The van der Waals surface area contributed by atoms with Crippen LogP contribution >= 0.6 is 11.8 Å². The number of hydrogen-bond acceptors (Lipinski definition) is 2. The van der Waals surface area contributed by atoms with Gasteiger partial charge in [-0.3, -0.25) is 0 Å². The summed E-state index contributed by atoms with van der Waals surface area (Å²) in [5.41, 5.74) is 3.34. The van der Waals surface area contributed by atoms with Crippen LogP contribution in [0.5, 0.6) is 0 Å². The van der Waals surface area contributed by atoms with E-state index in [2.05, 4.69) is 74.2 Å². The highest BCUT2D eigenvalue weighted by molar-refractivity contribution is 8.05. The van der Waals surface area contributed by atoms with Crippen LogP contribution in [0.4, 0.5) is 0 Å². The first-order valence-electron chi connectivity index (χ1n) is 9.70. The van der Waals surface area contributed by atoms with Gasteiger partial charge in [-0.25, -0.2) is 0 Å². The summed E-state index contributed by atoms with van der Waals surface area (Å²) < 4.78 is 1.42. The maximum atomic E-state index is 10.7. The minimum absolute atomic E-state index is 0.479. The molecule has 0 aliphatic carbocycles. The Kier molecular flexibility index (Phi) is 6.95. The van der Waals surface area contributed by atoms with Crippen LogP contribution in [0.25, 0.3) is 11.1 Å². The fourth-order valence-corrected chi connectivity index (χ4v) is 6.03. The highest BCUT2D eigenvalue weighted by atomic mass is 32.2. The molecule has 0 fully saturated rings. The lowest BCUT2D eigenvalue weighted by molar-refractivity contribution is 0.181. The van der Waals surface area contributed by atoms with Crippen LogP contribution in [0, 0.1) is 0 Å². The zero-order valence-corrected chi connectivity index (χ0v) is 18.6. The average Bonchev–Trinajstić information content (AvgIpc) is 2.71. The molecule has 1 N–H and O–H groups in total. The van der Waals surface area contributed by atoms with Gasteiger partial charge in [-0.2, -0.15) is 0 Å². The Balaban J connectivity index is 1.72. The summed E-state index contributed by atoms with van der Waals surface area (Å²) in [6, 6.07) is 29.1. The van der Waals surface area contributed by atoms with Crippen LogP contribution in [-0.2, 0) is 0 Å². The fourth-order valence-electron chi connectivity index (χ4n) is 3.00. The second-order valence-corrected chi connectivity index (χ2v) is 14.5. The van der Waals surface area contributed by atoms with Gasteiger partial charge >= 0.3 is 0 Å². The summed E-state index contributed by atoms with van der Waals surface area (Å²) in [5.74, 6) is 0. The third kappa shape index (κ3) is 5.71. The lowest BCUT2D eigenvalue weighted by Crippen LogP contribution is -2.22. The molecule has 0 bridgehead atoms. The average molecular weight is 405 g/mol. The molecule has 3 rings (SSSR count). The second kappa shape index (κ2) is 9.42. The summed E-state index contributed by atoms with van der Waals surface area (Å²) >= 11 is 1.84. The largest absolute Gasteiger partial charge is 0.388 e. The van der Waals surface area contributed by atoms with Crippen molar-refractivity contribution in [1.82, 2.24) is 0 Å². The number of benzene rings is 3. The first-order valence-corrected chi connectivity index (χ1v) is 14.0. The smallest absolute Gasteiger partial charge is 0.0857 e. The van der Waals surface area contributed by atoms with Crippen molar-refractivity contribution < 1.29 is 5.11 Å². The van der Waals surface area contributed by atoms with Gasteiger partial charge in [-0.15, -0.1) is 0 Å². The Morgan fingerprint density at radius 1 is 0.821 bits per heavy atom. The molecule has 3 aromatic carbocycles. The molecule has 1 unspecified atom stereocenters. The van der Waals surface area contributed by atoms with Crippen molar-refractivity contribution >= 4 is 19.8 Å². The van der Waals surface area contributed by atoms with Crippen molar-refractivity contribution in [3.63, 3.8) is 0 Å². The van der Waals surface area contributed by atoms with Crippen molar-refractivity contribution in [3.8, 4) is 11.1 Å². The fraction of sp³-hybridized carbons (Fsp3) is 0.200. The zero-order chi connectivity index (χ0) is 20.0. The van der Waals surface area contributed by atoms with Gasteiger partial charge in [0, 0.05) is 4.90 Å². The summed E-state index contributed by atoms with van der Waals surface area (Å²) in [6.45, 7) is 7.07. The van der Waals surface area contributed by atoms with E-state index in [0.717, 1.165) is 5.56 Å². The van der Waals surface area contributed by atoms with Gasteiger partial charge in [0.15, 0.2) is 0 Å². The number of thioether (sulfide) groups is 1. The van der Waals surface area contributed by atoms with E-state index >= 15 is 0 Å². The van der Waals surface area contributed by atoms with E-state index < -0.39 is 14.2 Å². The topological polar surface area (TPSA) is 20.2 Å². The number of aliphatic hydroxyl groups excluding tert-OH is 1. The van der Waals surface area contributed by atoms with E-state index in [0.29, 0.717) is 6.42 Å². The molecule has 0 saturated heterocycles. The van der Waals surface area contributed by atoms with Crippen LogP contribution in [0.1, 0.15) is 18.1 Å². The minimum atomic E-state index is -1.48. The van der Waals surface area contributed by atoms with Crippen molar-refractivity contribution in [3.05, 3.63) is 101 Å². The monoisotopic (exact) mass is 404 g/mol. The molecule has 0 aromatic heterocycles. The molecule has 144 valence electrons. The maximum absolute atomic E-state index is 10.7. The summed E-state index contributed by atoms with van der Waals surface area (Å²) in [7, 11) is -1.48. The quantitative estimate of drug-likeness (QED) is 0.328. The van der Waals surface area contributed by atoms with E-state index in [9.17, 15) is 5.11 Å². The van der Waals surface area contributed by atoms with E-state index in [1.165, 1.54) is 20.6 Å². The molecule has 28 heavy (non-hydrogen) atoms. The summed E-state index contributed by atoms with van der Waals surface area (Å²) in [4.78, 5) is 1.26. The van der Waals surface area contributed by atoms with Crippen LogP contribution in [0.2, 0.25) is 19.6 Å². The van der Waals surface area contributed by atoms with Crippen LogP contribution < -0.4 is 0 Å². The van der Waals surface area contributed by atoms with Gasteiger partial charge in [-0.1, -0.05) is 110 Å². The number of aliphatic hydroxyl groups is 1. The Labute approximate surface area is 174 Å². The molecule has 0 spiro atoms. The Morgan fingerprint density at radius 3 is 1.93 bits per heavy atom. The van der Waals surface area contributed by atoms with Crippen molar-refractivity contribution in [2.24, 2.45) is 0 Å². The normalized spacial score (nSPS) is 13.4. The Hall–Kier alpha value is -2.07. The van der Waals surface area contributed by atoms with E-state index in [1.807, 2.05) is 48.2 Å². The standard InChI is InChI=1S/C25H28OSSi/c1-28(2,3)25(27-23-12-8-5-9-13-23)19-18-24(26)22-16-14-21(15-17-22)20-10-6-4-7-11-20/h4-17,19,24,26H,18H2,1-3H3/b25-19+. The molecular formula is C25H28OSSi. The zero-order valence-electron chi connectivity index (χ0n) is 16.8. The Morgan fingerprint density at radius 2 is 1.36 bits per heavy atom. The molecule has 0 aliphatic rings. The van der Waals surface area contributed by atoms with E-state index in [4.69, 9.17) is 0 Å². The van der Waals surface area contributed by atoms with Crippen LogP contribution in [0.15, 0.2) is 100 Å². The molecule has 3 heteroatoms. The molecule has 0 saturated carbocycles. The molecular weight excluding hydrogens is 376 g/mol. The van der Waals surface area contributed by atoms with Crippen molar-refractivity contribution in [2.75, 3.05) is 0 Å². The molecule has 0 aliphatic heterocycles. The molecule has 0 heterocycles. The molecule has 0 amide bonds. The van der Waals surface area contributed by atoms with Gasteiger partial charge in [0.1, 0.15) is 0 Å². The lowest BCUT2D eigenvalue weighted by Gasteiger charge is -2.21. The second-order valence-electron chi connectivity index (χ2n) is 7.97. The van der Waals surface area contributed by atoms with E-state index in [1.54, 1.807) is 0 Å². The van der Waals surface area contributed by atoms with Gasteiger partial charge in [0.2, 0.25) is 0 Å². The van der Waals surface area contributed by atoms with E-state index in [-0.39, 0.29) is 0 Å². The highest BCUT2D eigenvalue weighted by Gasteiger charge is 2.21. The number of hydrogen-bond donors (Lipinski definition) is 1.